The number of halogens is 2. The average Bonchev–Trinajstić information content (AvgIpc) is 3.27. The van der Waals surface area contributed by atoms with Gasteiger partial charge in [0.05, 0.1) is 23.5 Å². The molecule has 0 saturated heterocycles. The summed E-state index contributed by atoms with van der Waals surface area (Å²) in [6, 6.07) is 8.72. The summed E-state index contributed by atoms with van der Waals surface area (Å²) in [5, 5.41) is 17.4. The summed E-state index contributed by atoms with van der Waals surface area (Å²) in [6.07, 6.45) is -0.145. The molecule has 8 nitrogen and oxygen atoms in total. The van der Waals surface area contributed by atoms with Gasteiger partial charge in [-0.2, -0.15) is 8.78 Å². The molecule has 0 saturated carbocycles. The van der Waals surface area contributed by atoms with Gasteiger partial charge in [0, 0.05) is 36.5 Å². The summed E-state index contributed by atoms with van der Waals surface area (Å²) < 4.78 is 44.5. The van der Waals surface area contributed by atoms with Crippen LogP contribution < -0.4 is 9.62 Å². The first-order valence-electron chi connectivity index (χ1n) is 9.02. The third kappa shape index (κ3) is 4.67. The van der Waals surface area contributed by atoms with Gasteiger partial charge in [-0.25, -0.2) is 4.21 Å². The van der Waals surface area contributed by atoms with Crippen molar-refractivity contribution in [3.8, 4) is 11.5 Å². The molecule has 2 heterocycles. The van der Waals surface area contributed by atoms with E-state index in [-0.39, 0.29) is 12.4 Å². The fourth-order valence-electron chi connectivity index (χ4n) is 2.71. The molecule has 2 aromatic heterocycles. The number of pyridine rings is 1. The number of hydrogen-bond acceptors (Lipinski definition) is 7. The van der Waals surface area contributed by atoms with Crippen molar-refractivity contribution in [2.75, 3.05) is 22.4 Å². The third-order valence-electron chi connectivity index (χ3n) is 4.25. The molecular weight excluding hydrogens is 414 g/mol. The highest BCUT2D eigenvalue weighted by Crippen LogP contribution is 2.26. The summed E-state index contributed by atoms with van der Waals surface area (Å²) in [5.74, 6) is -0.371. The lowest BCUT2D eigenvalue weighted by Gasteiger charge is -2.23. The first-order valence-corrected chi connectivity index (χ1v) is 10.3. The first kappa shape index (κ1) is 21.5. The predicted octanol–water partition coefficient (Wildman–Crippen LogP) is 3.80. The van der Waals surface area contributed by atoms with Crippen molar-refractivity contribution in [2.45, 2.75) is 19.9 Å². The Hall–Kier alpha value is -3.21. The van der Waals surface area contributed by atoms with E-state index in [1.54, 1.807) is 35.6 Å². The maximum absolute atomic E-state index is 12.7. The molecule has 1 aromatic carbocycles. The SMILES string of the molecule is CCS(=O)N(Cc1ccc(-c2nnc(C(F)F)o2)cn1)c1ccc(C=N)c(NC)c1. The van der Waals surface area contributed by atoms with Gasteiger partial charge in [-0.05, 0) is 30.3 Å². The zero-order valence-electron chi connectivity index (χ0n) is 16.3. The lowest BCUT2D eigenvalue weighted by Crippen LogP contribution is -2.27. The van der Waals surface area contributed by atoms with E-state index in [9.17, 15) is 13.0 Å². The quantitative estimate of drug-likeness (QED) is 0.496. The molecule has 0 fully saturated rings. The molecule has 3 aromatic rings. The van der Waals surface area contributed by atoms with E-state index >= 15 is 0 Å². The van der Waals surface area contributed by atoms with Crippen LogP contribution in [0.2, 0.25) is 0 Å². The fraction of sp³-hybridized carbons (Fsp3) is 0.263. The largest absolute Gasteiger partial charge is 0.415 e. The number of alkyl halides is 2. The smallest absolute Gasteiger partial charge is 0.314 e. The summed E-state index contributed by atoms with van der Waals surface area (Å²) >= 11 is 0. The van der Waals surface area contributed by atoms with Crippen LogP contribution in [0.15, 0.2) is 40.9 Å². The second-order valence-electron chi connectivity index (χ2n) is 6.10. The van der Waals surface area contributed by atoms with Gasteiger partial charge in [-0.1, -0.05) is 6.92 Å². The molecule has 0 aliphatic carbocycles. The van der Waals surface area contributed by atoms with Crippen molar-refractivity contribution in [3.05, 3.63) is 53.7 Å². The minimum atomic E-state index is -2.84. The molecule has 158 valence electrons. The Bertz CT molecular complexity index is 1040. The maximum atomic E-state index is 12.7. The van der Waals surface area contributed by atoms with E-state index in [4.69, 9.17) is 9.83 Å². The number of benzene rings is 1. The molecule has 0 aliphatic rings. The molecule has 0 bridgehead atoms. The van der Waals surface area contributed by atoms with Gasteiger partial charge in [0.2, 0.25) is 5.89 Å². The lowest BCUT2D eigenvalue weighted by atomic mass is 10.1. The minimum Gasteiger partial charge on any atom is -0.415 e. The van der Waals surface area contributed by atoms with Crippen molar-refractivity contribution in [1.82, 2.24) is 15.2 Å². The molecule has 0 aliphatic heterocycles. The van der Waals surface area contributed by atoms with Crippen LogP contribution in [0.5, 0.6) is 0 Å². The van der Waals surface area contributed by atoms with Crippen LogP contribution in [-0.4, -0.2) is 38.4 Å². The molecule has 0 spiro atoms. The van der Waals surface area contributed by atoms with E-state index < -0.39 is 23.3 Å². The molecule has 0 amide bonds. The second-order valence-corrected chi connectivity index (χ2v) is 7.76. The molecule has 1 atom stereocenters. The highest BCUT2D eigenvalue weighted by Gasteiger charge is 2.18. The topological polar surface area (TPSA) is 108 Å². The van der Waals surface area contributed by atoms with E-state index in [1.807, 2.05) is 13.0 Å². The number of hydrogen-bond donors (Lipinski definition) is 2. The van der Waals surface area contributed by atoms with Crippen LogP contribution in [0, 0.1) is 5.41 Å². The fourth-order valence-corrected chi connectivity index (χ4v) is 3.65. The normalized spacial score (nSPS) is 12.0. The van der Waals surface area contributed by atoms with Gasteiger partial charge >= 0.3 is 6.43 Å². The highest BCUT2D eigenvalue weighted by atomic mass is 32.2. The van der Waals surface area contributed by atoms with Crippen molar-refractivity contribution < 1.29 is 17.4 Å². The Balaban J connectivity index is 1.85. The van der Waals surface area contributed by atoms with Crippen LogP contribution in [0.3, 0.4) is 0 Å². The van der Waals surface area contributed by atoms with E-state index in [0.29, 0.717) is 22.6 Å². The number of rotatable bonds is 9. The third-order valence-corrected chi connectivity index (χ3v) is 5.57. The number of anilines is 2. The van der Waals surface area contributed by atoms with Crippen LogP contribution in [0.4, 0.5) is 20.2 Å². The molecule has 1 unspecified atom stereocenters. The minimum absolute atomic E-state index is 0.0424. The van der Waals surface area contributed by atoms with Gasteiger partial charge < -0.3 is 15.1 Å². The van der Waals surface area contributed by atoms with Crippen LogP contribution in [0.1, 0.15) is 30.5 Å². The Morgan fingerprint density at radius 1 is 1.30 bits per heavy atom. The summed E-state index contributed by atoms with van der Waals surface area (Å²) in [6.45, 7) is 2.08. The van der Waals surface area contributed by atoms with Crippen molar-refractivity contribution in [3.63, 3.8) is 0 Å². The van der Waals surface area contributed by atoms with Gasteiger partial charge in [-0.15, -0.1) is 10.2 Å². The van der Waals surface area contributed by atoms with Gasteiger partial charge in [0.15, 0.2) is 0 Å². The van der Waals surface area contributed by atoms with Gasteiger partial charge in [0.1, 0.15) is 11.0 Å². The van der Waals surface area contributed by atoms with E-state index in [0.717, 1.165) is 11.4 Å². The van der Waals surface area contributed by atoms with Crippen LogP contribution in [-0.2, 0) is 17.5 Å². The van der Waals surface area contributed by atoms with Crippen LogP contribution >= 0.6 is 0 Å². The number of nitrogens with one attached hydrogen (secondary N) is 2. The van der Waals surface area contributed by atoms with Gasteiger partial charge in [-0.3, -0.25) is 9.29 Å². The average molecular weight is 434 g/mol. The monoisotopic (exact) mass is 434 g/mol. The Morgan fingerprint density at radius 2 is 2.10 bits per heavy atom. The van der Waals surface area contributed by atoms with Crippen LogP contribution in [0.25, 0.3) is 11.5 Å². The zero-order chi connectivity index (χ0) is 21.7. The predicted molar refractivity (Wildman–Crippen MR) is 111 cm³/mol. The Morgan fingerprint density at radius 3 is 2.67 bits per heavy atom. The summed E-state index contributed by atoms with van der Waals surface area (Å²) in [5.41, 5.74) is 3.21. The van der Waals surface area contributed by atoms with Crippen molar-refractivity contribution in [1.29, 1.82) is 5.41 Å². The van der Waals surface area contributed by atoms with E-state index in [2.05, 4.69) is 20.5 Å². The first-order chi connectivity index (χ1) is 14.5. The lowest BCUT2D eigenvalue weighted by molar-refractivity contribution is 0.116. The van der Waals surface area contributed by atoms with Gasteiger partial charge in [0.25, 0.3) is 5.89 Å². The van der Waals surface area contributed by atoms with Crippen molar-refractivity contribution >= 4 is 28.6 Å². The Kier molecular flexibility index (Phi) is 6.83. The van der Waals surface area contributed by atoms with E-state index in [1.165, 1.54) is 12.4 Å². The standard InChI is InChI=1S/C19H20F2N6O2S/c1-3-30(28)27(15-7-5-12(9-22)16(8-15)23-2)11-14-6-4-13(10-24-14)18-25-26-19(29-18)17(20)21/h4-10,17,22-23H,3,11H2,1-2H3. The molecule has 2 N–H and O–H groups in total. The highest BCUT2D eigenvalue weighted by molar-refractivity contribution is 7.86. The molecule has 30 heavy (non-hydrogen) atoms. The van der Waals surface area contributed by atoms with Crippen molar-refractivity contribution in [2.24, 2.45) is 0 Å². The Labute approximate surface area is 174 Å². The molecule has 11 heteroatoms. The molecule has 0 radical (unpaired) electrons. The zero-order valence-corrected chi connectivity index (χ0v) is 17.1. The molecular formula is C19H20F2N6O2S. The maximum Gasteiger partial charge on any atom is 0.314 e. The summed E-state index contributed by atoms with van der Waals surface area (Å²) in [7, 11) is 0.460. The summed E-state index contributed by atoms with van der Waals surface area (Å²) in [4.78, 5) is 4.32. The number of aromatic nitrogens is 3. The number of nitrogens with zero attached hydrogens (tertiary/aromatic N) is 4. The molecule has 3 rings (SSSR count). The second kappa shape index (κ2) is 9.53.